The molecule has 0 bridgehead atoms. The summed E-state index contributed by atoms with van der Waals surface area (Å²) in [6.07, 6.45) is 0.234. The number of fused-ring (bicyclic) bond motifs is 1. The van der Waals surface area contributed by atoms with Crippen molar-refractivity contribution >= 4 is 22.0 Å². The summed E-state index contributed by atoms with van der Waals surface area (Å²) < 4.78 is 37.7. The van der Waals surface area contributed by atoms with Crippen molar-refractivity contribution in [2.45, 2.75) is 51.7 Å². The fourth-order valence-corrected chi connectivity index (χ4v) is 3.52. The van der Waals surface area contributed by atoms with E-state index in [0.29, 0.717) is 25.3 Å². The molecular formula is C18H22BrF2NO3. The van der Waals surface area contributed by atoms with E-state index in [9.17, 15) is 13.6 Å². The Morgan fingerprint density at radius 1 is 1.40 bits per heavy atom. The molecule has 25 heavy (non-hydrogen) atoms. The lowest BCUT2D eigenvalue weighted by atomic mass is 9.99. The van der Waals surface area contributed by atoms with Crippen molar-refractivity contribution in [2.24, 2.45) is 5.92 Å². The molecule has 0 aromatic heterocycles. The first-order valence-corrected chi connectivity index (χ1v) is 9.15. The van der Waals surface area contributed by atoms with Crippen LogP contribution in [0.2, 0.25) is 0 Å². The minimum absolute atomic E-state index is 0.0222. The molecule has 1 aromatic rings. The molecule has 2 aliphatic rings. The van der Waals surface area contributed by atoms with Gasteiger partial charge in [-0.3, -0.25) is 0 Å². The van der Waals surface area contributed by atoms with Crippen molar-refractivity contribution in [2.75, 3.05) is 13.2 Å². The topological polar surface area (TPSA) is 38.8 Å². The van der Waals surface area contributed by atoms with Gasteiger partial charge in [-0.2, -0.15) is 0 Å². The van der Waals surface area contributed by atoms with E-state index in [1.165, 1.54) is 0 Å². The van der Waals surface area contributed by atoms with E-state index in [1.807, 2.05) is 26.8 Å². The summed E-state index contributed by atoms with van der Waals surface area (Å²) in [4.78, 5) is 13.9. The van der Waals surface area contributed by atoms with Crippen LogP contribution in [0.1, 0.15) is 38.3 Å². The summed E-state index contributed by atoms with van der Waals surface area (Å²) in [6, 6.07) is 3.65. The van der Waals surface area contributed by atoms with Crippen molar-refractivity contribution in [3.05, 3.63) is 27.7 Å². The molecule has 0 spiro atoms. The van der Waals surface area contributed by atoms with Crippen LogP contribution in [0, 0.1) is 5.92 Å². The Balaban J connectivity index is 1.66. The number of rotatable bonds is 3. The lowest BCUT2D eigenvalue weighted by Gasteiger charge is -2.32. The van der Waals surface area contributed by atoms with Crippen LogP contribution in [0.3, 0.4) is 0 Å². The van der Waals surface area contributed by atoms with Crippen molar-refractivity contribution in [1.82, 2.24) is 4.90 Å². The number of amides is 1. The van der Waals surface area contributed by atoms with E-state index in [-0.39, 0.29) is 19.1 Å². The van der Waals surface area contributed by atoms with Crippen molar-refractivity contribution in [3.63, 3.8) is 0 Å². The van der Waals surface area contributed by atoms with E-state index in [0.717, 1.165) is 15.6 Å². The number of hydrogen-bond acceptors (Lipinski definition) is 3. The van der Waals surface area contributed by atoms with E-state index < -0.39 is 17.4 Å². The third kappa shape index (κ3) is 4.25. The van der Waals surface area contributed by atoms with Crippen molar-refractivity contribution in [1.29, 1.82) is 0 Å². The molecule has 1 atom stereocenters. The summed E-state index contributed by atoms with van der Waals surface area (Å²) in [7, 11) is 0. The van der Waals surface area contributed by atoms with E-state index in [4.69, 9.17) is 9.47 Å². The molecule has 0 saturated heterocycles. The van der Waals surface area contributed by atoms with Gasteiger partial charge in [-0.25, -0.2) is 13.6 Å². The molecule has 1 aliphatic heterocycles. The normalized spacial score (nSPS) is 21.5. The van der Waals surface area contributed by atoms with Gasteiger partial charge < -0.3 is 14.4 Å². The molecule has 1 unspecified atom stereocenters. The summed E-state index contributed by atoms with van der Waals surface area (Å²) in [5.74, 6) is -2.68. The molecule has 1 fully saturated rings. The van der Waals surface area contributed by atoms with Gasteiger partial charge in [0.05, 0.1) is 17.0 Å². The van der Waals surface area contributed by atoms with Crippen LogP contribution in [0.4, 0.5) is 13.6 Å². The van der Waals surface area contributed by atoms with Crippen LogP contribution in [0.15, 0.2) is 16.6 Å². The molecular weight excluding hydrogens is 396 g/mol. The first-order valence-electron chi connectivity index (χ1n) is 8.35. The van der Waals surface area contributed by atoms with Crippen molar-refractivity contribution < 1.29 is 23.0 Å². The number of halogens is 3. The van der Waals surface area contributed by atoms with Crippen LogP contribution in [0.5, 0.6) is 5.75 Å². The van der Waals surface area contributed by atoms with Crippen LogP contribution in [-0.2, 0) is 17.7 Å². The SMILES string of the molecule is CC(C)(C)OC(=O)N1CCc2c(ccc(OCC3CC3(F)F)c2Br)C1. The molecule has 1 heterocycles. The Hall–Kier alpha value is -1.37. The zero-order valence-corrected chi connectivity index (χ0v) is 16.2. The Morgan fingerprint density at radius 3 is 2.68 bits per heavy atom. The molecule has 138 valence electrons. The van der Waals surface area contributed by atoms with Gasteiger partial charge in [-0.15, -0.1) is 0 Å². The van der Waals surface area contributed by atoms with Gasteiger partial charge in [0.15, 0.2) is 0 Å². The number of alkyl halides is 2. The predicted molar refractivity (Wildman–Crippen MR) is 93.0 cm³/mol. The highest BCUT2D eigenvalue weighted by atomic mass is 79.9. The zero-order valence-electron chi connectivity index (χ0n) is 14.6. The molecule has 1 aliphatic carbocycles. The van der Waals surface area contributed by atoms with Gasteiger partial charge in [0.25, 0.3) is 5.92 Å². The summed E-state index contributed by atoms with van der Waals surface area (Å²) in [5.41, 5.74) is 1.54. The Kier molecular flexibility index (Phi) is 4.73. The Morgan fingerprint density at radius 2 is 2.08 bits per heavy atom. The fraction of sp³-hybridized carbons (Fsp3) is 0.611. The minimum atomic E-state index is -2.57. The highest BCUT2D eigenvalue weighted by Crippen LogP contribution is 2.49. The van der Waals surface area contributed by atoms with Crippen LogP contribution in [0.25, 0.3) is 0 Å². The van der Waals surface area contributed by atoms with Gasteiger partial charge >= 0.3 is 6.09 Å². The number of hydrogen-bond donors (Lipinski definition) is 0. The van der Waals surface area contributed by atoms with Gasteiger partial charge in [0.2, 0.25) is 0 Å². The summed E-state index contributed by atoms with van der Waals surface area (Å²) in [6.45, 7) is 6.55. The highest BCUT2D eigenvalue weighted by molar-refractivity contribution is 9.10. The van der Waals surface area contributed by atoms with Gasteiger partial charge in [0, 0.05) is 19.5 Å². The summed E-state index contributed by atoms with van der Waals surface area (Å²) >= 11 is 3.52. The van der Waals surface area contributed by atoms with Gasteiger partial charge in [-0.1, -0.05) is 6.07 Å². The molecule has 7 heteroatoms. The summed E-state index contributed by atoms with van der Waals surface area (Å²) in [5, 5.41) is 0. The van der Waals surface area contributed by atoms with Crippen molar-refractivity contribution in [3.8, 4) is 5.75 Å². The predicted octanol–water partition coefficient (Wildman–Crippen LogP) is 4.78. The molecule has 3 rings (SSSR count). The second-order valence-corrected chi connectivity index (χ2v) is 8.43. The largest absolute Gasteiger partial charge is 0.492 e. The maximum Gasteiger partial charge on any atom is 0.410 e. The molecule has 0 radical (unpaired) electrons. The average molecular weight is 418 g/mol. The van der Waals surface area contributed by atoms with Crippen LogP contribution < -0.4 is 4.74 Å². The van der Waals surface area contributed by atoms with E-state index in [2.05, 4.69) is 15.9 Å². The van der Waals surface area contributed by atoms with Crippen LogP contribution in [-0.4, -0.2) is 35.7 Å². The molecule has 1 aromatic carbocycles. The van der Waals surface area contributed by atoms with Gasteiger partial charge in [-0.05, 0) is 60.3 Å². The Labute approximate surface area is 154 Å². The molecule has 1 amide bonds. The molecule has 0 N–H and O–H groups in total. The molecule has 4 nitrogen and oxygen atoms in total. The lowest BCUT2D eigenvalue weighted by molar-refractivity contribution is 0.0223. The minimum Gasteiger partial charge on any atom is -0.492 e. The standard InChI is InChI=1S/C18H22BrF2NO3/c1-17(2,3)25-16(23)22-7-6-13-11(9-22)4-5-14(15(13)19)24-10-12-8-18(12,20)21/h4-5,12H,6-10H2,1-3H3. The lowest BCUT2D eigenvalue weighted by Crippen LogP contribution is -2.40. The number of nitrogens with zero attached hydrogens (tertiary/aromatic N) is 1. The van der Waals surface area contributed by atoms with E-state index >= 15 is 0 Å². The highest BCUT2D eigenvalue weighted by Gasteiger charge is 2.57. The smallest absolute Gasteiger partial charge is 0.410 e. The Bertz CT molecular complexity index is 688. The van der Waals surface area contributed by atoms with Crippen LogP contribution >= 0.6 is 15.9 Å². The zero-order chi connectivity index (χ0) is 18.4. The quantitative estimate of drug-likeness (QED) is 0.710. The number of carbonyl (C=O) groups excluding carboxylic acids is 1. The average Bonchev–Trinajstić information content (AvgIpc) is 3.11. The maximum atomic E-state index is 13.0. The third-order valence-corrected chi connectivity index (χ3v) is 5.21. The molecule has 1 saturated carbocycles. The monoisotopic (exact) mass is 417 g/mol. The van der Waals surface area contributed by atoms with E-state index in [1.54, 1.807) is 11.0 Å². The number of carbonyl (C=O) groups is 1. The first kappa shape index (κ1) is 18.4. The number of ether oxygens (including phenoxy) is 2. The second kappa shape index (κ2) is 6.41. The fourth-order valence-electron chi connectivity index (χ4n) is 2.82. The third-order valence-electron chi connectivity index (χ3n) is 4.35. The maximum absolute atomic E-state index is 13.0. The number of benzene rings is 1. The second-order valence-electron chi connectivity index (χ2n) is 7.64. The van der Waals surface area contributed by atoms with Gasteiger partial charge in [0.1, 0.15) is 11.4 Å². The first-order chi connectivity index (χ1) is 11.6.